The van der Waals surface area contributed by atoms with E-state index in [9.17, 15) is 0 Å². The minimum absolute atomic E-state index is 0.250. The van der Waals surface area contributed by atoms with Crippen LogP contribution in [0.3, 0.4) is 0 Å². The average molecular weight is 254 g/mol. The molecule has 2 N–H and O–H groups in total. The molecule has 0 spiro atoms. The van der Waals surface area contributed by atoms with E-state index < -0.39 is 0 Å². The molecule has 1 aliphatic carbocycles. The predicted molar refractivity (Wildman–Crippen MR) is 80.7 cm³/mol. The molecular formula is C16H34N2. The fraction of sp³-hybridized carbons (Fsp3) is 1.00. The molecule has 108 valence electrons. The number of nitrogens with two attached hydrogens (primary N) is 1. The molecule has 18 heavy (non-hydrogen) atoms. The Hall–Kier alpha value is -0.0800. The molecule has 2 nitrogen and oxygen atoms in total. The van der Waals surface area contributed by atoms with Crippen molar-refractivity contribution in [2.75, 3.05) is 14.1 Å². The van der Waals surface area contributed by atoms with Crippen LogP contribution in [0.25, 0.3) is 0 Å². The molecule has 1 rings (SSSR count). The lowest BCUT2D eigenvalue weighted by Crippen LogP contribution is -2.59. The van der Waals surface area contributed by atoms with Gasteiger partial charge in [0.25, 0.3) is 0 Å². The summed E-state index contributed by atoms with van der Waals surface area (Å²) < 4.78 is 0. The molecule has 4 atom stereocenters. The Morgan fingerprint density at radius 3 is 2.56 bits per heavy atom. The largest absolute Gasteiger partial charge is 0.326 e. The van der Waals surface area contributed by atoms with Crippen molar-refractivity contribution in [1.82, 2.24) is 4.90 Å². The second kappa shape index (κ2) is 6.91. The van der Waals surface area contributed by atoms with Gasteiger partial charge in [0, 0.05) is 11.6 Å². The van der Waals surface area contributed by atoms with Gasteiger partial charge in [0.1, 0.15) is 0 Å². The summed E-state index contributed by atoms with van der Waals surface area (Å²) in [7, 11) is 4.45. The van der Waals surface area contributed by atoms with Crippen LogP contribution in [0, 0.1) is 11.8 Å². The summed E-state index contributed by atoms with van der Waals surface area (Å²) in [6.45, 7) is 7.02. The molecule has 0 radical (unpaired) electrons. The van der Waals surface area contributed by atoms with Crippen molar-refractivity contribution < 1.29 is 0 Å². The normalized spacial score (nSPS) is 32.5. The van der Waals surface area contributed by atoms with Crippen LogP contribution in [-0.2, 0) is 0 Å². The first-order valence-corrected chi connectivity index (χ1v) is 7.85. The fourth-order valence-corrected chi connectivity index (χ4v) is 3.90. The Balaban J connectivity index is 2.71. The molecule has 2 heteroatoms. The smallest absolute Gasteiger partial charge is 0.0356 e. The molecule has 0 amide bonds. The van der Waals surface area contributed by atoms with E-state index in [1.54, 1.807) is 0 Å². The fourth-order valence-electron chi connectivity index (χ4n) is 3.90. The lowest BCUT2D eigenvalue weighted by molar-refractivity contribution is 0.0426. The minimum atomic E-state index is 0.250. The Morgan fingerprint density at radius 1 is 1.39 bits per heavy atom. The van der Waals surface area contributed by atoms with E-state index in [1.165, 1.54) is 44.9 Å². The first-order valence-electron chi connectivity index (χ1n) is 7.85. The monoisotopic (exact) mass is 254 g/mol. The lowest BCUT2D eigenvalue weighted by Gasteiger charge is -2.49. The zero-order valence-electron chi connectivity index (χ0n) is 13.2. The van der Waals surface area contributed by atoms with Crippen molar-refractivity contribution in [1.29, 1.82) is 0 Å². The summed E-state index contributed by atoms with van der Waals surface area (Å²) in [5, 5.41) is 0. The van der Waals surface area contributed by atoms with Gasteiger partial charge in [-0.15, -0.1) is 0 Å². The van der Waals surface area contributed by atoms with Crippen molar-refractivity contribution in [3.05, 3.63) is 0 Å². The standard InChI is InChI=1S/C16H34N2/c1-6-8-13(2)11-15(17)16(18(4)5)10-7-9-14(3)12-16/h13-15H,6-12,17H2,1-5H3. The van der Waals surface area contributed by atoms with Gasteiger partial charge in [-0.3, -0.25) is 0 Å². The van der Waals surface area contributed by atoms with Crippen LogP contribution in [0.15, 0.2) is 0 Å². The summed E-state index contributed by atoms with van der Waals surface area (Å²) >= 11 is 0. The second-order valence-corrected chi connectivity index (χ2v) is 6.94. The van der Waals surface area contributed by atoms with Crippen LogP contribution in [0.2, 0.25) is 0 Å². The van der Waals surface area contributed by atoms with Crippen LogP contribution in [0.5, 0.6) is 0 Å². The molecule has 1 saturated carbocycles. The van der Waals surface area contributed by atoms with Crippen LogP contribution in [-0.4, -0.2) is 30.6 Å². The quantitative estimate of drug-likeness (QED) is 0.784. The highest BCUT2D eigenvalue weighted by molar-refractivity contribution is 5.00. The maximum atomic E-state index is 6.64. The number of hydrogen-bond donors (Lipinski definition) is 1. The van der Waals surface area contributed by atoms with Crippen molar-refractivity contribution in [3.8, 4) is 0 Å². The maximum Gasteiger partial charge on any atom is 0.0356 e. The van der Waals surface area contributed by atoms with E-state index >= 15 is 0 Å². The molecule has 0 saturated heterocycles. The third-order valence-corrected chi connectivity index (χ3v) is 5.03. The Bertz CT molecular complexity index is 239. The molecule has 0 bridgehead atoms. The minimum Gasteiger partial charge on any atom is -0.326 e. The van der Waals surface area contributed by atoms with E-state index in [0.29, 0.717) is 6.04 Å². The molecule has 0 aliphatic heterocycles. The first kappa shape index (κ1) is 16.0. The summed E-state index contributed by atoms with van der Waals surface area (Å²) in [4.78, 5) is 2.42. The number of likely N-dealkylation sites (N-methyl/N-ethyl adjacent to an activating group) is 1. The van der Waals surface area contributed by atoms with E-state index in [0.717, 1.165) is 11.8 Å². The highest BCUT2D eigenvalue weighted by Crippen LogP contribution is 2.39. The second-order valence-electron chi connectivity index (χ2n) is 6.94. The van der Waals surface area contributed by atoms with Crippen LogP contribution in [0.4, 0.5) is 0 Å². The Kier molecular flexibility index (Phi) is 6.13. The molecule has 4 unspecified atom stereocenters. The SMILES string of the molecule is CCCC(C)CC(N)C1(N(C)C)CCCC(C)C1. The van der Waals surface area contributed by atoms with Crippen molar-refractivity contribution in [3.63, 3.8) is 0 Å². The van der Waals surface area contributed by atoms with Crippen molar-refractivity contribution in [2.45, 2.75) is 77.3 Å². The van der Waals surface area contributed by atoms with E-state index in [2.05, 4.69) is 39.8 Å². The summed E-state index contributed by atoms with van der Waals surface area (Å²) in [6, 6.07) is 0.330. The van der Waals surface area contributed by atoms with Gasteiger partial charge in [0.2, 0.25) is 0 Å². The zero-order valence-corrected chi connectivity index (χ0v) is 13.2. The Labute approximate surface area is 114 Å². The van der Waals surface area contributed by atoms with Crippen LogP contribution < -0.4 is 5.73 Å². The first-order chi connectivity index (χ1) is 8.42. The van der Waals surface area contributed by atoms with Gasteiger partial charge >= 0.3 is 0 Å². The van der Waals surface area contributed by atoms with Gasteiger partial charge in [-0.1, -0.05) is 46.5 Å². The molecule has 1 aliphatic rings. The lowest BCUT2D eigenvalue weighted by atomic mass is 9.69. The summed E-state index contributed by atoms with van der Waals surface area (Å²) in [6.07, 6.45) is 9.05. The molecular weight excluding hydrogens is 220 g/mol. The number of nitrogens with zero attached hydrogens (tertiary/aromatic N) is 1. The average Bonchev–Trinajstić information content (AvgIpc) is 2.28. The highest BCUT2D eigenvalue weighted by Gasteiger charge is 2.42. The van der Waals surface area contributed by atoms with Crippen LogP contribution >= 0.6 is 0 Å². The number of rotatable bonds is 6. The zero-order chi connectivity index (χ0) is 13.8. The van der Waals surface area contributed by atoms with Gasteiger partial charge in [-0.05, 0) is 45.2 Å². The molecule has 0 heterocycles. The Morgan fingerprint density at radius 2 is 2.06 bits per heavy atom. The third-order valence-electron chi connectivity index (χ3n) is 5.03. The molecule has 0 aromatic rings. The third kappa shape index (κ3) is 3.71. The van der Waals surface area contributed by atoms with E-state index in [-0.39, 0.29) is 5.54 Å². The van der Waals surface area contributed by atoms with E-state index in [1.807, 2.05) is 0 Å². The van der Waals surface area contributed by atoms with Gasteiger partial charge in [-0.2, -0.15) is 0 Å². The summed E-state index contributed by atoms with van der Waals surface area (Å²) in [5.41, 5.74) is 6.89. The van der Waals surface area contributed by atoms with Gasteiger partial charge < -0.3 is 10.6 Å². The van der Waals surface area contributed by atoms with Gasteiger partial charge in [-0.25, -0.2) is 0 Å². The van der Waals surface area contributed by atoms with Crippen molar-refractivity contribution in [2.24, 2.45) is 17.6 Å². The molecule has 0 aromatic heterocycles. The maximum absolute atomic E-state index is 6.64. The highest BCUT2D eigenvalue weighted by atomic mass is 15.2. The predicted octanol–water partition coefficient (Wildman–Crippen LogP) is 3.65. The molecule has 1 fully saturated rings. The summed E-state index contributed by atoms with van der Waals surface area (Å²) in [5.74, 6) is 1.59. The topological polar surface area (TPSA) is 29.3 Å². The number of hydrogen-bond acceptors (Lipinski definition) is 2. The van der Waals surface area contributed by atoms with Crippen LogP contribution in [0.1, 0.15) is 65.7 Å². The van der Waals surface area contributed by atoms with Crippen molar-refractivity contribution >= 4 is 0 Å². The molecule has 0 aromatic carbocycles. The van der Waals surface area contributed by atoms with E-state index in [4.69, 9.17) is 5.73 Å². The van der Waals surface area contributed by atoms with Gasteiger partial charge in [0.15, 0.2) is 0 Å². The van der Waals surface area contributed by atoms with Gasteiger partial charge in [0.05, 0.1) is 0 Å².